The number of rotatable bonds is 52. The highest BCUT2D eigenvalue weighted by Gasteiger charge is 2.19. The summed E-state index contributed by atoms with van der Waals surface area (Å²) in [7, 11) is 0. The quantitative estimate of drug-likeness (QED) is 0.0261. The Morgan fingerprint density at radius 3 is 0.901 bits per heavy atom. The second-order valence-electron chi connectivity index (χ2n) is 19.2. The predicted octanol–water partition coefficient (Wildman–Crippen LogP) is 19.9. The molecule has 0 aromatic heterocycles. The summed E-state index contributed by atoms with van der Waals surface area (Å²) in [6.45, 7) is 6.46. The molecule has 6 nitrogen and oxygen atoms in total. The molecule has 1 unspecified atom stereocenters. The van der Waals surface area contributed by atoms with E-state index in [4.69, 9.17) is 14.2 Å². The van der Waals surface area contributed by atoms with E-state index in [1.807, 2.05) is 0 Å². The summed E-state index contributed by atoms with van der Waals surface area (Å²) in [5.41, 5.74) is 0. The lowest BCUT2D eigenvalue weighted by atomic mass is 10.1. The van der Waals surface area contributed by atoms with Gasteiger partial charge < -0.3 is 14.2 Å². The Hall–Kier alpha value is -3.93. The van der Waals surface area contributed by atoms with Gasteiger partial charge in [0, 0.05) is 19.3 Å². The fourth-order valence-electron chi connectivity index (χ4n) is 7.82. The number of esters is 3. The van der Waals surface area contributed by atoms with Crippen molar-refractivity contribution in [3.05, 3.63) is 109 Å². The zero-order valence-electron chi connectivity index (χ0n) is 46.2. The fraction of sp³-hybridized carbons (Fsp3) is 0.677. The number of allylic oxidation sites excluding steroid dienone is 18. The van der Waals surface area contributed by atoms with Gasteiger partial charge in [0.1, 0.15) is 13.2 Å². The average molecular weight is 986 g/mol. The monoisotopic (exact) mass is 985 g/mol. The van der Waals surface area contributed by atoms with Crippen LogP contribution in [0.5, 0.6) is 0 Å². The number of hydrogen-bond acceptors (Lipinski definition) is 6. The molecule has 1 atom stereocenters. The van der Waals surface area contributed by atoms with Crippen LogP contribution in [0.1, 0.15) is 265 Å². The number of unbranched alkanes of at least 4 members (excludes halogenated alkanes) is 23. The van der Waals surface area contributed by atoms with Crippen molar-refractivity contribution in [1.29, 1.82) is 0 Å². The van der Waals surface area contributed by atoms with Gasteiger partial charge in [-0.15, -0.1) is 0 Å². The molecule has 0 amide bonds. The highest BCUT2D eigenvalue weighted by atomic mass is 16.6. The summed E-state index contributed by atoms with van der Waals surface area (Å²) < 4.78 is 16.8. The number of hydrogen-bond donors (Lipinski definition) is 0. The molecule has 0 aliphatic carbocycles. The molecule has 0 aliphatic heterocycles. The smallest absolute Gasteiger partial charge is 0.306 e. The second-order valence-corrected chi connectivity index (χ2v) is 19.2. The van der Waals surface area contributed by atoms with Gasteiger partial charge in [-0.25, -0.2) is 0 Å². The molecule has 0 fully saturated rings. The van der Waals surface area contributed by atoms with Crippen LogP contribution in [0, 0.1) is 0 Å². The third-order valence-electron chi connectivity index (χ3n) is 12.2. The summed E-state index contributed by atoms with van der Waals surface area (Å²) in [4.78, 5) is 38.2. The zero-order chi connectivity index (χ0) is 51.4. The largest absolute Gasteiger partial charge is 0.462 e. The molecular weight excluding hydrogens is 877 g/mol. The van der Waals surface area contributed by atoms with Crippen LogP contribution in [-0.2, 0) is 28.6 Å². The van der Waals surface area contributed by atoms with Gasteiger partial charge in [-0.2, -0.15) is 0 Å². The minimum Gasteiger partial charge on any atom is -0.462 e. The first kappa shape index (κ1) is 67.1. The van der Waals surface area contributed by atoms with Crippen molar-refractivity contribution in [2.45, 2.75) is 271 Å². The highest BCUT2D eigenvalue weighted by Crippen LogP contribution is 2.14. The first-order chi connectivity index (χ1) is 35.0. The molecule has 0 rings (SSSR count). The minimum atomic E-state index is -0.807. The van der Waals surface area contributed by atoms with Crippen LogP contribution >= 0.6 is 0 Å². The normalized spacial score (nSPS) is 12.9. The van der Waals surface area contributed by atoms with Crippen molar-refractivity contribution in [2.24, 2.45) is 0 Å². The number of ether oxygens (including phenoxy) is 3. The fourth-order valence-corrected chi connectivity index (χ4v) is 7.82. The standard InChI is InChI=1S/C65H108O6/c1-4-7-10-13-16-19-22-25-27-29-31-32-34-35-37-40-43-46-49-52-55-58-64(67)70-61-62(60-69-63(66)57-54-51-48-45-42-39-24-21-18-15-12-9-6-3)71-65(68)59-56-53-50-47-44-41-38-36-33-30-28-26-23-20-17-14-11-8-5-2/h8,11,17,20-22,24-26,28-29,31,33-36,41,44,62H,4-7,9-10,12-16,18-19,23,27,30,32,37-40,42-43,45-61H2,1-3H3/b11-8-,20-17-,24-21-,25-22-,28-26-,31-29-,35-34-,36-33-,44-41-. The van der Waals surface area contributed by atoms with E-state index in [0.717, 1.165) is 135 Å². The molecule has 0 aromatic rings. The van der Waals surface area contributed by atoms with Gasteiger partial charge >= 0.3 is 17.9 Å². The molecule has 0 bridgehead atoms. The van der Waals surface area contributed by atoms with E-state index in [9.17, 15) is 14.4 Å². The molecule has 0 N–H and O–H groups in total. The maximum Gasteiger partial charge on any atom is 0.306 e. The van der Waals surface area contributed by atoms with E-state index in [-0.39, 0.29) is 37.5 Å². The van der Waals surface area contributed by atoms with Crippen molar-refractivity contribution < 1.29 is 28.6 Å². The van der Waals surface area contributed by atoms with Gasteiger partial charge in [0.05, 0.1) is 0 Å². The Labute approximate surface area is 438 Å². The molecule has 0 aliphatic rings. The van der Waals surface area contributed by atoms with Crippen molar-refractivity contribution >= 4 is 17.9 Å². The summed E-state index contributed by atoms with van der Waals surface area (Å²) in [6, 6.07) is 0. The van der Waals surface area contributed by atoms with Crippen molar-refractivity contribution in [3.8, 4) is 0 Å². The van der Waals surface area contributed by atoms with E-state index in [2.05, 4.69) is 130 Å². The third kappa shape index (κ3) is 56.9. The first-order valence-corrected chi connectivity index (χ1v) is 29.4. The van der Waals surface area contributed by atoms with Crippen LogP contribution in [0.25, 0.3) is 0 Å². The Morgan fingerprint density at radius 1 is 0.296 bits per heavy atom. The van der Waals surface area contributed by atoms with Gasteiger partial charge in [-0.1, -0.05) is 226 Å². The molecule has 0 radical (unpaired) electrons. The lowest BCUT2D eigenvalue weighted by molar-refractivity contribution is -0.167. The zero-order valence-corrected chi connectivity index (χ0v) is 46.2. The molecule has 6 heteroatoms. The van der Waals surface area contributed by atoms with E-state index in [0.29, 0.717) is 12.8 Å². The van der Waals surface area contributed by atoms with Crippen LogP contribution in [0.2, 0.25) is 0 Å². The van der Waals surface area contributed by atoms with Gasteiger partial charge in [0.25, 0.3) is 0 Å². The summed E-state index contributed by atoms with van der Waals surface area (Å²) in [5.74, 6) is -0.954. The SMILES string of the molecule is CC/C=C\C/C=C\C/C=C\C/C=C\C/C=C\CCCCCC(=O)OC(COC(=O)CCCCCCC/C=C\CCCCCC)COC(=O)CCCCCCCC/C=C\C/C=C\C/C=C\CCCCCCC. The van der Waals surface area contributed by atoms with Crippen molar-refractivity contribution in [3.63, 3.8) is 0 Å². The number of carbonyl (C=O) groups excluding carboxylic acids is 3. The molecule has 0 aromatic carbocycles. The van der Waals surface area contributed by atoms with Crippen LogP contribution in [-0.4, -0.2) is 37.2 Å². The summed E-state index contributed by atoms with van der Waals surface area (Å²) in [6.07, 6.45) is 79.3. The molecule has 0 heterocycles. The summed E-state index contributed by atoms with van der Waals surface area (Å²) >= 11 is 0. The molecule has 0 saturated heterocycles. The van der Waals surface area contributed by atoms with Gasteiger partial charge in [0.15, 0.2) is 6.10 Å². The molecule has 71 heavy (non-hydrogen) atoms. The lowest BCUT2D eigenvalue weighted by Crippen LogP contribution is -2.30. The Bertz CT molecular complexity index is 1460. The van der Waals surface area contributed by atoms with E-state index >= 15 is 0 Å². The van der Waals surface area contributed by atoms with Crippen LogP contribution in [0.15, 0.2) is 109 Å². The average Bonchev–Trinajstić information content (AvgIpc) is 3.37. The number of carbonyl (C=O) groups is 3. The third-order valence-corrected chi connectivity index (χ3v) is 12.2. The molecule has 0 spiro atoms. The highest BCUT2D eigenvalue weighted by molar-refractivity contribution is 5.71. The van der Waals surface area contributed by atoms with Gasteiger partial charge in [0.2, 0.25) is 0 Å². The van der Waals surface area contributed by atoms with Crippen molar-refractivity contribution in [2.75, 3.05) is 13.2 Å². The first-order valence-electron chi connectivity index (χ1n) is 29.4. The lowest BCUT2D eigenvalue weighted by Gasteiger charge is -2.18. The van der Waals surface area contributed by atoms with Crippen LogP contribution in [0.4, 0.5) is 0 Å². The maximum absolute atomic E-state index is 12.9. The second kappa shape index (κ2) is 58.6. The Balaban J connectivity index is 4.47. The van der Waals surface area contributed by atoms with E-state index in [1.165, 1.54) is 89.9 Å². The topological polar surface area (TPSA) is 78.9 Å². The molecule has 404 valence electrons. The maximum atomic E-state index is 12.9. The van der Waals surface area contributed by atoms with Crippen LogP contribution < -0.4 is 0 Å². The Kier molecular flexibility index (Phi) is 55.4. The van der Waals surface area contributed by atoms with E-state index in [1.54, 1.807) is 0 Å². The minimum absolute atomic E-state index is 0.102. The molecule has 0 saturated carbocycles. The Morgan fingerprint density at radius 2 is 0.549 bits per heavy atom. The van der Waals surface area contributed by atoms with Crippen molar-refractivity contribution in [1.82, 2.24) is 0 Å². The van der Waals surface area contributed by atoms with Gasteiger partial charge in [-0.3, -0.25) is 14.4 Å². The molecular formula is C65H108O6. The van der Waals surface area contributed by atoms with E-state index < -0.39 is 6.10 Å². The summed E-state index contributed by atoms with van der Waals surface area (Å²) in [5, 5.41) is 0. The van der Waals surface area contributed by atoms with Gasteiger partial charge in [-0.05, 0) is 128 Å². The van der Waals surface area contributed by atoms with Crippen LogP contribution in [0.3, 0.4) is 0 Å². The predicted molar refractivity (Wildman–Crippen MR) is 307 cm³/mol.